The van der Waals surface area contributed by atoms with Crippen LogP contribution < -0.4 is 4.74 Å². The molecule has 0 aliphatic rings. The Labute approximate surface area is 109 Å². The molecule has 0 bridgehead atoms. The molecule has 5 nitrogen and oxygen atoms in total. The number of pyridine rings is 1. The van der Waals surface area contributed by atoms with Crippen molar-refractivity contribution in [3.05, 3.63) is 48.2 Å². The number of ether oxygens (including phenoxy) is 1. The van der Waals surface area contributed by atoms with Gasteiger partial charge in [0.25, 0.3) is 0 Å². The zero-order valence-electron chi connectivity index (χ0n) is 10.3. The van der Waals surface area contributed by atoms with Crippen molar-refractivity contribution in [3.63, 3.8) is 0 Å². The van der Waals surface area contributed by atoms with Crippen LogP contribution in [0.3, 0.4) is 0 Å². The second-order valence-corrected chi connectivity index (χ2v) is 3.78. The molecule has 2 aromatic heterocycles. The van der Waals surface area contributed by atoms with Gasteiger partial charge < -0.3 is 4.74 Å². The van der Waals surface area contributed by atoms with Gasteiger partial charge in [0.05, 0.1) is 0 Å². The predicted octanol–water partition coefficient (Wildman–Crippen LogP) is 2.15. The van der Waals surface area contributed by atoms with Crippen molar-refractivity contribution in [2.45, 2.75) is 6.92 Å². The average Bonchev–Trinajstić information content (AvgIpc) is 2.77. The molecule has 0 aliphatic heterocycles. The summed E-state index contributed by atoms with van der Waals surface area (Å²) in [4.78, 5) is 3.74. The molecule has 0 saturated carbocycles. The van der Waals surface area contributed by atoms with Crippen molar-refractivity contribution in [1.82, 2.24) is 14.8 Å². The molecule has 0 radical (unpaired) electrons. The Bertz CT molecular complexity index is 657. The lowest BCUT2D eigenvalue weighted by Crippen LogP contribution is -2.05. The summed E-state index contributed by atoms with van der Waals surface area (Å²) in [5, 5.41) is 12.8. The number of halogens is 1. The first kappa shape index (κ1) is 12.8. The highest BCUT2D eigenvalue weighted by Crippen LogP contribution is 2.18. The minimum atomic E-state index is -0.676. The molecular weight excluding hydrogens is 247 g/mol. The van der Waals surface area contributed by atoms with Crippen LogP contribution in [0.15, 0.2) is 30.9 Å². The Balaban J connectivity index is 2.43. The molecule has 19 heavy (non-hydrogen) atoms. The molecule has 0 amide bonds. The molecule has 0 saturated heterocycles. The van der Waals surface area contributed by atoms with Gasteiger partial charge in [0, 0.05) is 17.8 Å². The molecule has 2 aromatic rings. The standard InChI is InChI=1S/C13H11FN4O/c1-3-4-19-11-6-12(14)16-13(7-11)18-9(2)5-10(8-15)17-18/h3,5-7H,1,4H2,2H3. The van der Waals surface area contributed by atoms with Crippen molar-refractivity contribution in [2.24, 2.45) is 0 Å². The van der Waals surface area contributed by atoms with Crippen molar-refractivity contribution < 1.29 is 9.13 Å². The quantitative estimate of drug-likeness (QED) is 0.622. The van der Waals surface area contributed by atoms with Gasteiger partial charge in [0.1, 0.15) is 18.4 Å². The van der Waals surface area contributed by atoms with E-state index in [1.807, 2.05) is 6.07 Å². The summed E-state index contributed by atoms with van der Waals surface area (Å²) < 4.78 is 20.1. The van der Waals surface area contributed by atoms with Crippen molar-refractivity contribution >= 4 is 0 Å². The number of hydrogen-bond donors (Lipinski definition) is 0. The molecule has 96 valence electrons. The Morgan fingerprint density at radius 1 is 1.53 bits per heavy atom. The lowest BCUT2D eigenvalue weighted by molar-refractivity contribution is 0.359. The molecule has 0 N–H and O–H groups in total. The third kappa shape index (κ3) is 2.77. The zero-order valence-corrected chi connectivity index (χ0v) is 10.3. The van der Waals surface area contributed by atoms with Crippen LogP contribution in [0.5, 0.6) is 5.75 Å². The maximum Gasteiger partial charge on any atom is 0.218 e. The van der Waals surface area contributed by atoms with Crippen LogP contribution in [-0.2, 0) is 0 Å². The summed E-state index contributed by atoms with van der Waals surface area (Å²) in [6.07, 6.45) is 1.56. The minimum absolute atomic E-state index is 0.247. The fraction of sp³-hybridized carbons (Fsp3) is 0.154. The van der Waals surface area contributed by atoms with Crippen LogP contribution in [-0.4, -0.2) is 21.4 Å². The number of rotatable bonds is 4. The summed E-state index contributed by atoms with van der Waals surface area (Å²) in [7, 11) is 0. The molecule has 2 rings (SSSR count). The average molecular weight is 258 g/mol. The van der Waals surface area contributed by atoms with Crippen LogP contribution in [0.1, 0.15) is 11.4 Å². The summed E-state index contributed by atoms with van der Waals surface area (Å²) in [6.45, 7) is 5.54. The topological polar surface area (TPSA) is 63.7 Å². The van der Waals surface area contributed by atoms with Crippen molar-refractivity contribution in [2.75, 3.05) is 6.61 Å². The molecule has 0 unspecified atom stereocenters. The Morgan fingerprint density at radius 3 is 2.95 bits per heavy atom. The zero-order chi connectivity index (χ0) is 13.8. The van der Waals surface area contributed by atoms with E-state index in [0.29, 0.717) is 11.4 Å². The number of nitrogens with zero attached hydrogens (tertiary/aromatic N) is 4. The van der Waals surface area contributed by atoms with Gasteiger partial charge in [-0.25, -0.2) is 4.68 Å². The Hall–Kier alpha value is -2.68. The SMILES string of the molecule is C=CCOc1cc(F)nc(-n2nc(C#N)cc2C)c1. The van der Waals surface area contributed by atoms with Gasteiger partial charge >= 0.3 is 0 Å². The van der Waals surface area contributed by atoms with Gasteiger partial charge in [-0.1, -0.05) is 12.7 Å². The first-order chi connectivity index (χ1) is 9.13. The highest BCUT2D eigenvalue weighted by atomic mass is 19.1. The minimum Gasteiger partial charge on any atom is -0.489 e. The van der Waals surface area contributed by atoms with Crippen LogP contribution in [0.4, 0.5) is 4.39 Å². The maximum absolute atomic E-state index is 13.4. The Morgan fingerprint density at radius 2 is 2.32 bits per heavy atom. The first-order valence-corrected chi connectivity index (χ1v) is 5.52. The van der Waals surface area contributed by atoms with E-state index in [4.69, 9.17) is 10.00 Å². The van der Waals surface area contributed by atoms with E-state index in [1.165, 1.54) is 10.7 Å². The van der Waals surface area contributed by atoms with E-state index in [2.05, 4.69) is 16.7 Å². The van der Waals surface area contributed by atoms with Crippen LogP contribution >= 0.6 is 0 Å². The maximum atomic E-state index is 13.4. The second-order valence-electron chi connectivity index (χ2n) is 3.78. The van der Waals surface area contributed by atoms with Crippen molar-refractivity contribution in [1.29, 1.82) is 5.26 Å². The van der Waals surface area contributed by atoms with E-state index >= 15 is 0 Å². The largest absolute Gasteiger partial charge is 0.489 e. The molecule has 0 fully saturated rings. The van der Waals surface area contributed by atoms with E-state index in [0.717, 1.165) is 0 Å². The van der Waals surface area contributed by atoms with E-state index in [9.17, 15) is 4.39 Å². The summed E-state index contributed by atoms with van der Waals surface area (Å²) in [5.41, 5.74) is 0.932. The monoisotopic (exact) mass is 258 g/mol. The second kappa shape index (κ2) is 5.31. The Kier molecular flexibility index (Phi) is 3.57. The molecular formula is C13H11FN4O. The van der Waals surface area contributed by atoms with E-state index in [1.54, 1.807) is 25.1 Å². The molecule has 0 atom stereocenters. The van der Waals surface area contributed by atoms with Crippen molar-refractivity contribution in [3.8, 4) is 17.6 Å². The smallest absolute Gasteiger partial charge is 0.218 e. The normalized spacial score (nSPS) is 9.95. The summed E-state index contributed by atoms with van der Waals surface area (Å²) >= 11 is 0. The number of aromatic nitrogens is 3. The van der Waals surface area contributed by atoms with Crippen LogP contribution in [0, 0.1) is 24.2 Å². The van der Waals surface area contributed by atoms with E-state index in [-0.39, 0.29) is 18.1 Å². The highest BCUT2D eigenvalue weighted by Gasteiger charge is 2.10. The van der Waals surface area contributed by atoms with Gasteiger partial charge in [-0.3, -0.25) is 0 Å². The van der Waals surface area contributed by atoms with Gasteiger partial charge in [0.2, 0.25) is 5.95 Å². The summed E-state index contributed by atoms with van der Waals surface area (Å²) in [6, 6.07) is 6.24. The third-order valence-electron chi connectivity index (χ3n) is 2.34. The van der Waals surface area contributed by atoms with E-state index < -0.39 is 5.95 Å². The fourth-order valence-corrected chi connectivity index (χ4v) is 1.57. The first-order valence-electron chi connectivity index (χ1n) is 5.52. The molecule has 0 spiro atoms. The number of hydrogen-bond acceptors (Lipinski definition) is 4. The van der Waals surface area contributed by atoms with Gasteiger partial charge in [-0.05, 0) is 13.0 Å². The molecule has 6 heteroatoms. The lowest BCUT2D eigenvalue weighted by Gasteiger charge is -2.07. The number of nitriles is 1. The van der Waals surface area contributed by atoms with Gasteiger partial charge in [-0.15, -0.1) is 0 Å². The molecule has 0 aromatic carbocycles. The van der Waals surface area contributed by atoms with Crippen LogP contribution in [0.2, 0.25) is 0 Å². The fourth-order valence-electron chi connectivity index (χ4n) is 1.57. The lowest BCUT2D eigenvalue weighted by atomic mass is 10.4. The predicted molar refractivity (Wildman–Crippen MR) is 66.5 cm³/mol. The van der Waals surface area contributed by atoms with Crippen LogP contribution in [0.25, 0.3) is 5.82 Å². The molecule has 0 aliphatic carbocycles. The molecule has 2 heterocycles. The third-order valence-corrected chi connectivity index (χ3v) is 2.34. The van der Waals surface area contributed by atoms with Gasteiger partial charge in [-0.2, -0.15) is 19.7 Å². The summed E-state index contributed by atoms with van der Waals surface area (Å²) in [5.74, 6) is -0.0844. The van der Waals surface area contributed by atoms with Gasteiger partial charge in [0.15, 0.2) is 11.5 Å². The highest BCUT2D eigenvalue weighted by molar-refractivity contribution is 5.35. The number of aryl methyl sites for hydroxylation is 1.